The first kappa shape index (κ1) is 18.5. The molecule has 1 atom stereocenters. The minimum Gasteiger partial charge on any atom is -0.468 e. The predicted octanol–water partition coefficient (Wildman–Crippen LogP) is 2.52. The van der Waals surface area contributed by atoms with Crippen LogP contribution in [-0.2, 0) is 9.53 Å². The van der Waals surface area contributed by atoms with Crippen molar-refractivity contribution in [3.8, 4) is 5.75 Å². The summed E-state index contributed by atoms with van der Waals surface area (Å²) in [6.07, 6.45) is -8.52. The Bertz CT molecular complexity index is 442. The smallest absolute Gasteiger partial charge is 0.461 e. The monoisotopic (exact) mass is 317 g/mol. The van der Waals surface area contributed by atoms with Crippen LogP contribution in [0.2, 0.25) is 0 Å². The molecule has 0 heterocycles. The van der Waals surface area contributed by atoms with Crippen LogP contribution in [0.3, 0.4) is 0 Å². The molecule has 0 unspecified atom stereocenters. The summed E-state index contributed by atoms with van der Waals surface area (Å²) < 4.78 is 57.2. The molecular weight excluding hydrogens is 306 g/mol. The van der Waals surface area contributed by atoms with Gasteiger partial charge in [0.1, 0.15) is 11.8 Å². The first-order chi connectivity index (χ1) is 8.77. The molecule has 0 saturated heterocycles. The number of hydrogen-bond acceptors (Lipinski definition) is 4. The summed E-state index contributed by atoms with van der Waals surface area (Å²) >= 11 is 0. The van der Waals surface area contributed by atoms with E-state index in [1.54, 1.807) is 0 Å². The fourth-order valence-corrected chi connectivity index (χ4v) is 1.21. The molecule has 0 spiro atoms. The van der Waals surface area contributed by atoms with Crippen molar-refractivity contribution < 1.29 is 31.8 Å². The molecule has 4 nitrogen and oxygen atoms in total. The van der Waals surface area contributed by atoms with Gasteiger partial charge in [-0.1, -0.05) is 12.1 Å². The van der Waals surface area contributed by atoms with Gasteiger partial charge in [-0.2, -0.15) is 17.6 Å². The van der Waals surface area contributed by atoms with Crippen LogP contribution in [0.25, 0.3) is 0 Å². The Balaban J connectivity index is 0.00000361. The summed E-state index contributed by atoms with van der Waals surface area (Å²) in [6.45, 7) is 0. The molecule has 0 aliphatic rings. The van der Waals surface area contributed by atoms with E-state index in [1.165, 1.54) is 12.1 Å². The highest BCUT2D eigenvalue weighted by molar-refractivity contribution is 5.85. The Morgan fingerprint density at radius 3 is 2.15 bits per heavy atom. The summed E-state index contributed by atoms with van der Waals surface area (Å²) in [7, 11) is 1.14. The predicted molar refractivity (Wildman–Crippen MR) is 64.2 cm³/mol. The van der Waals surface area contributed by atoms with Gasteiger partial charge >= 0.3 is 18.5 Å². The molecule has 0 amide bonds. The van der Waals surface area contributed by atoms with Crippen LogP contribution in [0.5, 0.6) is 5.75 Å². The van der Waals surface area contributed by atoms with Crippen LogP contribution in [0.4, 0.5) is 17.6 Å². The van der Waals surface area contributed by atoms with E-state index in [9.17, 15) is 22.4 Å². The molecule has 0 radical (unpaired) electrons. The number of halogens is 5. The van der Waals surface area contributed by atoms with E-state index in [0.29, 0.717) is 0 Å². The Kier molecular flexibility index (Phi) is 6.74. The third kappa shape index (κ3) is 4.53. The largest absolute Gasteiger partial charge is 0.468 e. The van der Waals surface area contributed by atoms with E-state index >= 15 is 0 Å². The fourth-order valence-electron chi connectivity index (χ4n) is 1.21. The maximum atomic E-state index is 12.6. The van der Waals surface area contributed by atoms with Gasteiger partial charge in [0.15, 0.2) is 0 Å². The average molecular weight is 318 g/mol. The number of hydrogen-bond donors (Lipinski definition) is 1. The van der Waals surface area contributed by atoms with E-state index in [2.05, 4.69) is 9.47 Å². The van der Waals surface area contributed by atoms with E-state index in [0.717, 1.165) is 19.2 Å². The van der Waals surface area contributed by atoms with Crippen LogP contribution in [0.15, 0.2) is 24.3 Å². The van der Waals surface area contributed by atoms with E-state index < -0.39 is 30.3 Å². The number of carbonyl (C=O) groups is 1. The zero-order valence-electron chi connectivity index (χ0n) is 10.2. The van der Waals surface area contributed by atoms with Crippen molar-refractivity contribution in [3.63, 3.8) is 0 Å². The van der Waals surface area contributed by atoms with Crippen molar-refractivity contribution in [3.05, 3.63) is 29.8 Å². The molecule has 1 aromatic rings. The van der Waals surface area contributed by atoms with E-state index in [1.807, 2.05) is 0 Å². The Morgan fingerprint density at radius 2 is 1.75 bits per heavy atom. The molecule has 9 heteroatoms. The number of carbonyl (C=O) groups excluding carboxylic acids is 1. The van der Waals surface area contributed by atoms with Gasteiger partial charge in [0, 0.05) is 0 Å². The van der Waals surface area contributed by atoms with Gasteiger partial charge in [0.25, 0.3) is 0 Å². The average Bonchev–Trinajstić information content (AvgIpc) is 2.37. The first-order valence-electron chi connectivity index (χ1n) is 5.06. The van der Waals surface area contributed by atoms with Crippen LogP contribution >= 0.6 is 12.4 Å². The third-order valence-electron chi connectivity index (χ3n) is 2.20. The molecule has 1 rings (SSSR count). The second-order valence-electron chi connectivity index (χ2n) is 3.53. The number of benzene rings is 1. The lowest BCUT2D eigenvalue weighted by Gasteiger charge is -2.17. The lowest BCUT2D eigenvalue weighted by Crippen LogP contribution is -2.33. The van der Waals surface area contributed by atoms with Gasteiger partial charge in [0.05, 0.1) is 7.11 Å². The summed E-state index contributed by atoms with van der Waals surface area (Å²) in [5.41, 5.74) is 5.77. The second-order valence-corrected chi connectivity index (χ2v) is 3.53. The SMILES string of the molecule is COC(=O)[C@@H](N)c1ccc(OC(F)(F)C(F)F)cc1.Cl. The van der Waals surface area contributed by atoms with Gasteiger partial charge in [-0.05, 0) is 17.7 Å². The van der Waals surface area contributed by atoms with Gasteiger partial charge in [-0.3, -0.25) is 4.79 Å². The highest BCUT2D eigenvalue weighted by Gasteiger charge is 2.43. The first-order valence-corrected chi connectivity index (χ1v) is 5.06. The highest BCUT2D eigenvalue weighted by Crippen LogP contribution is 2.28. The fraction of sp³-hybridized carbons (Fsp3) is 0.364. The van der Waals surface area contributed by atoms with E-state index in [4.69, 9.17) is 5.73 Å². The number of rotatable bonds is 5. The molecule has 0 aliphatic carbocycles. The topological polar surface area (TPSA) is 61.5 Å². The van der Waals surface area contributed by atoms with E-state index in [-0.39, 0.29) is 18.0 Å². The third-order valence-corrected chi connectivity index (χ3v) is 2.20. The lowest BCUT2D eigenvalue weighted by atomic mass is 10.1. The molecule has 2 N–H and O–H groups in total. The standard InChI is InChI=1S/C11H11F4NO3.ClH/c1-18-9(17)8(16)6-2-4-7(5-3-6)19-11(14,15)10(12)13;/h2-5,8,10H,16H2,1H3;1H/t8-;/m0./s1. The molecule has 0 fully saturated rings. The molecular formula is C11H12ClF4NO3. The van der Waals surface area contributed by atoms with Crippen molar-refractivity contribution in [1.82, 2.24) is 0 Å². The Morgan fingerprint density at radius 1 is 1.25 bits per heavy atom. The molecule has 114 valence electrons. The minimum atomic E-state index is -4.58. The van der Waals surface area contributed by atoms with Crippen LogP contribution in [0.1, 0.15) is 11.6 Å². The number of methoxy groups -OCH3 is 1. The van der Waals surface area contributed by atoms with Crippen molar-refractivity contribution in [2.45, 2.75) is 18.6 Å². The molecule has 20 heavy (non-hydrogen) atoms. The number of nitrogens with two attached hydrogens (primary N) is 1. The van der Waals surface area contributed by atoms with Crippen molar-refractivity contribution in [2.24, 2.45) is 5.73 Å². The van der Waals surface area contributed by atoms with Crippen LogP contribution in [-0.4, -0.2) is 25.6 Å². The molecule has 0 aliphatic heterocycles. The lowest BCUT2D eigenvalue weighted by molar-refractivity contribution is -0.253. The van der Waals surface area contributed by atoms with Gasteiger partial charge < -0.3 is 15.2 Å². The summed E-state index contributed by atoms with van der Waals surface area (Å²) in [5, 5.41) is 0. The quantitative estimate of drug-likeness (QED) is 0.669. The number of alkyl halides is 4. The Hall–Kier alpha value is -1.54. The van der Waals surface area contributed by atoms with Crippen molar-refractivity contribution >= 4 is 18.4 Å². The molecule has 0 bridgehead atoms. The summed E-state index contributed by atoms with van der Waals surface area (Å²) in [6, 6.07) is 3.34. The number of ether oxygens (including phenoxy) is 2. The maximum Gasteiger partial charge on any atom is 0.461 e. The maximum absolute atomic E-state index is 12.6. The minimum absolute atomic E-state index is 0. The molecule has 1 aromatic carbocycles. The number of esters is 1. The van der Waals surface area contributed by atoms with Gasteiger partial charge in [0.2, 0.25) is 0 Å². The summed E-state index contributed by atoms with van der Waals surface area (Å²) in [4.78, 5) is 11.1. The van der Waals surface area contributed by atoms with Gasteiger partial charge in [-0.25, -0.2) is 0 Å². The second kappa shape index (κ2) is 7.30. The normalized spacial score (nSPS) is 12.6. The van der Waals surface area contributed by atoms with Crippen molar-refractivity contribution in [1.29, 1.82) is 0 Å². The Labute approximate surface area is 118 Å². The highest BCUT2D eigenvalue weighted by atomic mass is 35.5. The van der Waals surface area contributed by atoms with Crippen LogP contribution < -0.4 is 10.5 Å². The van der Waals surface area contributed by atoms with Crippen molar-refractivity contribution in [2.75, 3.05) is 7.11 Å². The summed E-state index contributed by atoms with van der Waals surface area (Å²) in [5.74, 6) is -1.18. The van der Waals surface area contributed by atoms with Gasteiger partial charge in [-0.15, -0.1) is 12.4 Å². The van der Waals surface area contributed by atoms with Crippen LogP contribution in [0, 0.1) is 0 Å². The zero-order chi connectivity index (χ0) is 14.6. The zero-order valence-corrected chi connectivity index (χ0v) is 11.0. The molecule has 0 saturated carbocycles. The molecule has 0 aromatic heterocycles.